The van der Waals surface area contributed by atoms with Gasteiger partial charge >= 0.3 is 0 Å². The second kappa shape index (κ2) is 14.4. The summed E-state index contributed by atoms with van der Waals surface area (Å²) >= 11 is 0. The first-order valence-electron chi connectivity index (χ1n) is 9.26. The van der Waals surface area contributed by atoms with Crippen LogP contribution in [0.25, 0.3) is 0 Å². The monoisotopic (exact) mass is 806 g/mol. The Bertz CT molecular complexity index is 1290. The Morgan fingerprint density at radius 3 is 0.568 bits per heavy atom. The molecule has 0 radical (unpaired) electrons. The van der Waals surface area contributed by atoms with Crippen molar-refractivity contribution >= 4 is 62.6 Å². The molecule has 44 heavy (non-hydrogen) atoms. The number of phosphoric ester groups is 6. The second-order valence-corrected chi connectivity index (χ2v) is 16.9. The normalized spacial score (nSPS) is 29.1. The first-order chi connectivity index (χ1) is 19.0. The predicted octanol–water partition coefficient (Wildman–Crippen LogP) is -11.7. The van der Waals surface area contributed by atoms with E-state index in [1.165, 1.54) is 0 Å². The second-order valence-electron chi connectivity index (χ2n) is 7.16. The third-order valence-electron chi connectivity index (χ3n) is 3.85. The minimum absolute atomic E-state index is 2.89. The van der Waals surface area contributed by atoms with E-state index < -0.39 is 99.2 Å². The summed E-state index contributed by atoms with van der Waals surface area (Å²) in [6.45, 7) is 0. The lowest BCUT2D eigenvalue weighted by atomic mass is 9.85. The van der Waals surface area contributed by atoms with Gasteiger partial charge in [0.1, 0.15) is 36.6 Å². The van der Waals surface area contributed by atoms with Crippen LogP contribution in [0.1, 0.15) is 0 Å². The van der Waals surface area contributed by atoms with E-state index in [1.807, 2.05) is 0 Å². The summed E-state index contributed by atoms with van der Waals surface area (Å²) in [5.74, 6) is 0. The summed E-state index contributed by atoms with van der Waals surface area (Å²) in [5.41, 5.74) is 0. The molecule has 0 aromatic carbocycles. The lowest BCUT2D eigenvalue weighted by Gasteiger charge is -2.56. The van der Waals surface area contributed by atoms with Crippen molar-refractivity contribution in [3.8, 4) is 0 Å². The van der Waals surface area contributed by atoms with Gasteiger partial charge < -0.3 is 123 Å². The van der Waals surface area contributed by atoms with Crippen molar-refractivity contribution in [2.45, 2.75) is 36.6 Å². The van der Waals surface area contributed by atoms with Gasteiger partial charge in [0.05, 0.1) is 46.9 Å². The van der Waals surface area contributed by atoms with Crippen molar-refractivity contribution in [2.24, 2.45) is 0 Å². The molecular formula is C6H6O30P8-14. The highest BCUT2D eigenvalue weighted by Gasteiger charge is 2.58. The summed E-state index contributed by atoms with van der Waals surface area (Å²) in [6.07, 6.45) is -23.6. The molecule has 30 nitrogen and oxygen atoms in total. The Balaban J connectivity index is 4.25. The molecule has 1 saturated carbocycles. The average Bonchev–Trinajstić information content (AvgIpc) is 2.62. The molecule has 0 aliphatic heterocycles. The molecule has 0 spiro atoms. The van der Waals surface area contributed by atoms with Gasteiger partial charge in [-0.1, -0.05) is 0 Å². The lowest BCUT2D eigenvalue weighted by molar-refractivity contribution is -0.381. The van der Waals surface area contributed by atoms with Crippen molar-refractivity contribution < 1.29 is 141 Å². The number of hydrogen-bond acceptors (Lipinski definition) is 30. The zero-order chi connectivity index (χ0) is 35.1. The summed E-state index contributed by atoms with van der Waals surface area (Å²) in [4.78, 5) is 157. The molecule has 1 aliphatic carbocycles. The van der Waals surface area contributed by atoms with Gasteiger partial charge in [-0.25, -0.2) is 0 Å². The largest absolute Gasteiger partial charge is 0.790 e. The van der Waals surface area contributed by atoms with Gasteiger partial charge in [0.2, 0.25) is 0 Å². The van der Waals surface area contributed by atoms with E-state index in [1.54, 1.807) is 0 Å². The molecule has 0 amide bonds. The van der Waals surface area contributed by atoms with Gasteiger partial charge in [0, 0.05) is 0 Å². The molecule has 8 atom stereocenters. The van der Waals surface area contributed by atoms with E-state index in [9.17, 15) is 105 Å². The first kappa shape index (κ1) is 43.0. The van der Waals surface area contributed by atoms with Gasteiger partial charge in [-0.05, 0) is 0 Å². The van der Waals surface area contributed by atoms with E-state index in [4.69, 9.17) is 0 Å². The number of phosphoric acid groups is 8. The molecule has 2 unspecified atom stereocenters. The van der Waals surface area contributed by atoms with Crippen molar-refractivity contribution in [2.75, 3.05) is 0 Å². The minimum Gasteiger partial charge on any atom is -0.790 e. The molecule has 1 fully saturated rings. The van der Waals surface area contributed by atoms with Crippen molar-refractivity contribution in [1.29, 1.82) is 0 Å². The maximum absolute atomic E-state index is 12.0. The SMILES string of the molecule is O=P([O-])([O-])O[C@@H]1[C@H](OP(=O)([O-])[O-])[C@@H](OP(=O)([O-])[O-])[C@H](OP(=O)([O-])OP(=O)([O-])[O-])[C@@H](OP(=O)([O-])OP(=O)([O-])[O-])[C@@H]1OP(=O)([O-])[O-]. The van der Waals surface area contributed by atoms with Gasteiger partial charge in [-0.3, -0.25) is 17.8 Å². The molecule has 0 N–H and O–H groups in total. The van der Waals surface area contributed by atoms with Crippen LogP contribution in [0.4, 0.5) is 0 Å². The molecule has 1 rings (SSSR count). The van der Waals surface area contributed by atoms with Crippen molar-refractivity contribution in [3.05, 3.63) is 0 Å². The van der Waals surface area contributed by atoms with E-state index in [0.29, 0.717) is 0 Å². The molecule has 0 aromatic heterocycles. The van der Waals surface area contributed by atoms with Crippen molar-refractivity contribution in [3.63, 3.8) is 0 Å². The van der Waals surface area contributed by atoms with Crippen LogP contribution in [0.15, 0.2) is 0 Å². The average molecular weight is 806 g/mol. The van der Waals surface area contributed by atoms with Gasteiger partial charge in [-0.2, -0.15) is 0 Å². The first-order valence-corrected chi connectivity index (χ1v) is 20.9. The Hall–Kier alpha value is 0.960. The lowest BCUT2D eigenvalue weighted by Crippen LogP contribution is -2.67. The quantitative estimate of drug-likeness (QED) is 0.131. The van der Waals surface area contributed by atoms with Crippen LogP contribution in [-0.4, -0.2) is 36.6 Å². The van der Waals surface area contributed by atoms with Crippen LogP contribution < -0.4 is 68.5 Å². The zero-order valence-electron chi connectivity index (χ0n) is 19.3. The minimum atomic E-state index is -7.13. The van der Waals surface area contributed by atoms with Gasteiger partial charge in [0.15, 0.2) is 0 Å². The van der Waals surface area contributed by atoms with Crippen LogP contribution in [-0.2, 0) is 72.3 Å². The molecule has 0 aromatic rings. The summed E-state index contributed by atoms with van der Waals surface area (Å²) in [5, 5.41) is 0. The molecule has 1 aliphatic rings. The highest BCUT2D eigenvalue weighted by molar-refractivity contribution is 7.59. The number of rotatable bonds is 16. The molecule has 0 saturated heterocycles. The third-order valence-corrected chi connectivity index (χ3v) is 10.1. The maximum atomic E-state index is 12.0. The third kappa shape index (κ3) is 16.9. The number of hydrogen-bond donors (Lipinski definition) is 0. The Morgan fingerprint density at radius 1 is 0.273 bits per heavy atom. The van der Waals surface area contributed by atoms with E-state index in [-0.39, 0.29) is 0 Å². The summed E-state index contributed by atoms with van der Waals surface area (Å²) in [6, 6.07) is 0. The Labute approximate surface area is 240 Å². The fraction of sp³-hybridized carbons (Fsp3) is 1.00. The Kier molecular flexibility index (Phi) is 14.1. The fourth-order valence-corrected chi connectivity index (χ4v) is 8.52. The molecule has 0 bridgehead atoms. The van der Waals surface area contributed by atoms with Gasteiger partial charge in [-0.15, -0.1) is 0 Å². The van der Waals surface area contributed by atoms with Crippen LogP contribution in [0.2, 0.25) is 0 Å². The molecule has 38 heteroatoms. The predicted molar refractivity (Wildman–Crippen MR) is 92.3 cm³/mol. The van der Waals surface area contributed by atoms with Crippen LogP contribution >= 0.6 is 62.6 Å². The van der Waals surface area contributed by atoms with Crippen LogP contribution in [0.3, 0.4) is 0 Å². The van der Waals surface area contributed by atoms with E-state index in [2.05, 4.69) is 35.8 Å². The summed E-state index contributed by atoms with van der Waals surface area (Å²) in [7, 11) is -55.8. The highest BCUT2D eigenvalue weighted by atomic mass is 31.3. The van der Waals surface area contributed by atoms with E-state index >= 15 is 0 Å². The topological polar surface area (TPSA) is 533 Å². The summed E-state index contributed by atoms with van der Waals surface area (Å²) < 4.78 is 118. The van der Waals surface area contributed by atoms with Crippen LogP contribution in [0.5, 0.6) is 0 Å². The van der Waals surface area contributed by atoms with Crippen LogP contribution in [0, 0.1) is 0 Å². The molecular weight excluding hydrogens is 800 g/mol. The zero-order valence-corrected chi connectivity index (χ0v) is 26.4. The highest BCUT2D eigenvalue weighted by Crippen LogP contribution is 2.59. The molecule has 0 heterocycles. The Morgan fingerprint density at radius 2 is 0.432 bits per heavy atom. The van der Waals surface area contributed by atoms with Crippen molar-refractivity contribution in [1.82, 2.24) is 0 Å². The maximum Gasteiger partial charge on any atom is 0.272 e. The standard InChI is InChI=1S/C6H20O30P8/c7-37(8,9)29-1-2(30-38(10,11)12)4(32-40(16,17)18)6(34-44(27,28)36-42(22,23)24)5(3(1)31-39(13,14)15)33-43(25,26)35-41(19,20)21/h1-6H,(H,25,26)(H,27,28)(H2,7,8,9)(H2,10,11,12)(H2,13,14,15)(H2,16,17,18)(H2,19,20,21)(H2,22,23,24)/p-14/t1-,2+,3-,4-,5+,6+/m1/s1. The fourth-order valence-electron chi connectivity index (χ4n) is 3.02. The smallest absolute Gasteiger partial charge is 0.272 e. The van der Waals surface area contributed by atoms with E-state index in [0.717, 1.165) is 0 Å². The molecule has 264 valence electrons. The van der Waals surface area contributed by atoms with Gasteiger partial charge in [0.25, 0.3) is 15.6 Å².